The molecule has 0 radical (unpaired) electrons. The average Bonchev–Trinajstić information content (AvgIpc) is 3.09. The molecule has 6 rings (SSSR count). The summed E-state index contributed by atoms with van der Waals surface area (Å²) in [5, 5.41) is 19.2. The third-order valence-corrected chi connectivity index (χ3v) is 8.42. The lowest BCUT2D eigenvalue weighted by Gasteiger charge is -2.56. The van der Waals surface area contributed by atoms with Gasteiger partial charge in [0.25, 0.3) is 5.91 Å². The monoisotopic (exact) mass is 448 g/mol. The van der Waals surface area contributed by atoms with E-state index in [2.05, 4.69) is 22.9 Å². The van der Waals surface area contributed by atoms with Crippen molar-refractivity contribution < 1.29 is 4.79 Å². The van der Waals surface area contributed by atoms with E-state index in [0.717, 1.165) is 79.0 Å². The second kappa shape index (κ2) is 8.94. The number of thiocyanates is 1. The van der Waals surface area contributed by atoms with E-state index in [0.29, 0.717) is 5.69 Å². The predicted octanol–water partition coefficient (Wildman–Crippen LogP) is 5.55. The van der Waals surface area contributed by atoms with Crippen LogP contribution in [0.1, 0.15) is 67.4 Å². The van der Waals surface area contributed by atoms with Crippen LogP contribution in [-0.4, -0.2) is 27.0 Å². The largest absolute Gasteiger partial charge is 0.345 e. The van der Waals surface area contributed by atoms with Crippen LogP contribution in [0.25, 0.3) is 11.3 Å². The van der Waals surface area contributed by atoms with E-state index in [9.17, 15) is 4.79 Å². The Morgan fingerprint density at radius 1 is 1.16 bits per heavy atom. The van der Waals surface area contributed by atoms with E-state index in [4.69, 9.17) is 10.4 Å². The molecule has 1 amide bonds. The number of nitriles is 1. The Labute approximate surface area is 195 Å². The maximum atomic E-state index is 13.5. The summed E-state index contributed by atoms with van der Waals surface area (Å²) >= 11 is 1.30. The summed E-state index contributed by atoms with van der Waals surface area (Å²) in [6, 6.07) is 10.3. The molecule has 2 aromatic rings. The van der Waals surface area contributed by atoms with Gasteiger partial charge in [0.05, 0.1) is 5.69 Å². The Balaban J connectivity index is 1.38. The summed E-state index contributed by atoms with van der Waals surface area (Å²) in [6.45, 7) is 2.79. The molecule has 0 atom stereocenters. The lowest BCUT2D eigenvalue weighted by atomic mass is 9.53. The molecule has 6 heteroatoms. The maximum absolute atomic E-state index is 13.5. The Kier molecular flexibility index (Phi) is 6.03. The summed E-state index contributed by atoms with van der Waals surface area (Å²) in [7, 11) is 0. The van der Waals surface area contributed by atoms with Crippen molar-refractivity contribution in [1.29, 1.82) is 5.26 Å². The Morgan fingerprint density at radius 3 is 2.44 bits per heavy atom. The summed E-state index contributed by atoms with van der Waals surface area (Å²) in [6.07, 6.45) is 9.43. The van der Waals surface area contributed by atoms with Gasteiger partial charge in [-0.05, 0) is 87.8 Å². The van der Waals surface area contributed by atoms with Gasteiger partial charge >= 0.3 is 0 Å². The average molecular weight is 449 g/mol. The molecule has 32 heavy (non-hydrogen) atoms. The van der Waals surface area contributed by atoms with Crippen molar-refractivity contribution in [2.75, 3.05) is 5.75 Å². The molecular formula is C26H32N4OS. The molecule has 4 aliphatic rings. The highest BCUT2D eigenvalue weighted by Gasteiger charge is 2.51. The molecular weight excluding hydrogens is 416 g/mol. The zero-order valence-electron chi connectivity index (χ0n) is 18.8. The first kappa shape index (κ1) is 21.6. The van der Waals surface area contributed by atoms with Crippen LogP contribution >= 0.6 is 11.8 Å². The number of aromatic nitrogens is 2. The first-order chi connectivity index (χ1) is 15.6. The SMILES string of the molecule is Cc1c(C(=O)NC23CC4CC(CC(C4)C2)C3)nn(CCCCSC#N)c1-c1ccccc1. The van der Waals surface area contributed by atoms with Crippen molar-refractivity contribution in [2.45, 2.75) is 70.4 Å². The van der Waals surface area contributed by atoms with Crippen LogP contribution in [0.4, 0.5) is 0 Å². The van der Waals surface area contributed by atoms with Gasteiger partial charge in [-0.1, -0.05) is 30.3 Å². The second-order valence-corrected chi connectivity index (χ2v) is 11.1. The van der Waals surface area contributed by atoms with Gasteiger partial charge in [0.1, 0.15) is 5.40 Å². The summed E-state index contributed by atoms with van der Waals surface area (Å²) < 4.78 is 2.01. The van der Waals surface area contributed by atoms with E-state index in [1.54, 1.807) is 0 Å². The topological polar surface area (TPSA) is 70.7 Å². The molecule has 5 nitrogen and oxygen atoms in total. The molecule has 1 aromatic carbocycles. The van der Waals surface area contributed by atoms with Crippen LogP contribution in [0, 0.1) is 35.3 Å². The van der Waals surface area contributed by atoms with Crippen LogP contribution in [-0.2, 0) is 6.54 Å². The number of carbonyl (C=O) groups excluding carboxylic acids is 1. The molecule has 1 N–H and O–H groups in total. The number of benzene rings is 1. The fraction of sp³-hybridized carbons (Fsp3) is 0.577. The smallest absolute Gasteiger partial charge is 0.272 e. The van der Waals surface area contributed by atoms with Gasteiger partial charge < -0.3 is 5.32 Å². The molecule has 1 heterocycles. The molecule has 0 saturated heterocycles. The van der Waals surface area contributed by atoms with E-state index in [1.165, 1.54) is 31.0 Å². The maximum Gasteiger partial charge on any atom is 0.272 e. The zero-order chi connectivity index (χ0) is 22.1. The van der Waals surface area contributed by atoms with Crippen molar-refractivity contribution >= 4 is 17.7 Å². The number of amides is 1. The summed E-state index contributed by atoms with van der Waals surface area (Å²) in [5.74, 6) is 3.22. The molecule has 4 saturated carbocycles. The lowest BCUT2D eigenvalue weighted by Crippen LogP contribution is -2.59. The predicted molar refractivity (Wildman–Crippen MR) is 128 cm³/mol. The number of rotatable bonds is 8. The molecule has 4 aliphatic carbocycles. The van der Waals surface area contributed by atoms with Gasteiger partial charge in [0.15, 0.2) is 5.69 Å². The van der Waals surface area contributed by atoms with Crippen molar-refractivity contribution in [1.82, 2.24) is 15.1 Å². The van der Waals surface area contributed by atoms with Crippen molar-refractivity contribution in [3.63, 3.8) is 0 Å². The van der Waals surface area contributed by atoms with Gasteiger partial charge in [0, 0.05) is 29.0 Å². The fourth-order valence-electron chi connectivity index (χ4n) is 6.94. The number of nitrogens with zero attached hydrogens (tertiary/aromatic N) is 3. The van der Waals surface area contributed by atoms with Gasteiger partial charge in [0.2, 0.25) is 0 Å². The highest BCUT2D eigenvalue weighted by molar-refractivity contribution is 8.03. The second-order valence-electron chi connectivity index (χ2n) is 10.2. The quantitative estimate of drug-likeness (QED) is 0.424. The van der Waals surface area contributed by atoms with E-state index in [1.807, 2.05) is 29.8 Å². The van der Waals surface area contributed by atoms with Crippen LogP contribution in [0.2, 0.25) is 0 Å². The molecule has 4 bridgehead atoms. The van der Waals surface area contributed by atoms with Crippen LogP contribution in [0.3, 0.4) is 0 Å². The third kappa shape index (κ3) is 4.20. The van der Waals surface area contributed by atoms with Gasteiger partial charge in [-0.3, -0.25) is 9.48 Å². The zero-order valence-corrected chi connectivity index (χ0v) is 19.7. The van der Waals surface area contributed by atoms with Gasteiger partial charge in [-0.15, -0.1) is 0 Å². The van der Waals surface area contributed by atoms with Crippen LogP contribution in [0.15, 0.2) is 30.3 Å². The number of carbonyl (C=O) groups is 1. The molecule has 168 valence electrons. The molecule has 4 fully saturated rings. The first-order valence-electron chi connectivity index (χ1n) is 12.0. The number of aryl methyl sites for hydroxylation is 1. The minimum atomic E-state index is -0.0104. The summed E-state index contributed by atoms with van der Waals surface area (Å²) in [4.78, 5) is 13.5. The molecule has 0 aliphatic heterocycles. The Bertz CT molecular complexity index is 987. The van der Waals surface area contributed by atoms with Crippen molar-refractivity contribution in [3.05, 3.63) is 41.6 Å². The molecule has 1 aromatic heterocycles. The minimum absolute atomic E-state index is 0.000386. The Hall–Kier alpha value is -2.26. The van der Waals surface area contributed by atoms with E-state index < -0.39 is 0 Å². The summed E-state index contributed by atoms with van der Waals surface area (Å²) in [5.41, 5.74) is 3.66. The van der Waals surface area contributed by atoms with E-state index in [-0.39, 0.29) is 11.4 Å². The highest BCUT2D eigenvalue weighted by Crippen LogP contribution is 2.55. The highest BCUT2D eigenvalue weighted by atomic mass is 32.2. The van der Waals surface area contributed by atoms with Crippen LogP contribution < -0.4 is 5.32 Å². The normalized spacial score (nSPS) is 27.9. The van der Waals surface area contributed by atoms with Crippen molar-refractivity contribution in [3.8, 4) is 16.7 Å². The number of nitrogens with one attached hydrogen (secondary N) is 1. The Morgan fingerprint density at radius 2 is 1.81 bits per heavy atom. The molecule has 0 unspecified atom stereocenters. The van der Waals surface area contributed by atoms with Crippen molar-refractivity contribution in [2.24, 2.45) is 17.8 Å². The number of thioether (sulfide) groups is 1. The molecule has 0 spiro atoms. The fourth-order valence-corrected chi connectivity index (χ4v) is 7.38. The number of hydrogen-bond acceptors (Lipinski definition) is 4. The lowest BCUT2D eigenvalue weighted by molar-refractivity contribution is -0.0168. The third-order valence-electron chi connectivity index (χ3n) is 7.80. The van der Waals surface area contributed by atoms with Crippen LogP contribution in [0.5, 0.6) is 0 Å². The minimum Gasteiger partial charge on any atom is -0.345 e. The van der Waals surface area contributed by atoms with Gasteiger partial charge in [-0.25, -0.2) is 0 Å². The number of unbranched alkanes of at least 4 members (excludes halogenated alkanes) is 1. The number of hydrogen-bond donors (Lipinski definition) is 1. The van der Waals surface area contributed by atoms with E-state index >= 15 is 0 Å². The first-order valence-corrected chi connectivity index (χ1v) is 13.0. The van der Waals surface area contributed by atoms with Gasteiger partial charge in [-0.2, -0.15) is 10.4 Å². The standard InChI is InChI=1S/C26H32N4OS/c1-18-23(25(31)28-26-14-19-11-20(15-26)13-21(12-19)16-26)29-30(9-5-6-10-32-17-27)24(18)22-7-3-2-4-8-22/h2-4,7-8,19-21H,5-6,9-16H2,1H3,(H,28,31).